The molecule has 5 heteroatoms. The van der Waals surface area contributed by atoms with Crippen molar-refractivity contribution in [3.05, 3.63) is 70.9 Å². The van der Waals surface area contributed by atoms with Gasteiger partial charge < -0.3 is 15.2 Å². The van der Waals surface area contributed by atoms with Crippen LogP contribution in [-0.2, 0) is 6.54 Å². The van der Waals surface area contributed by atoms with Gasteiger partial charge in [-0.05, 0) is 42.3 Å². The van der Waals surface area contributed by atoms with Crippen molar-refractivity contribution in [2.24, 2.45) is 0 Å². The molecular formula is C20H21N3O2. The first-order valence-corrected chi connectivity index (χ1v) is 8.12. The highest BCUT2D eigenvalue weighted by Gasteiger charge is 2.10. The van der Waals surface area contributed by atoms with E-state index in [1.807, 2.05) is 43.3 Å². The first kappa shape index (κ1) is 16.8. The second-order valence-electron chi connectivity index (χ2n) is 6.35. The molecule has 128 valence electrons. The van der Waals surface area contributed by atoms with E-state index in [1.54, 1.807) is 26.2 Å². The molecule has 0 aliphatic rings. The van der Waals surface area contributed by atoms with Gasteiger partial charge in [0.25, 0.3) is 11.8 Å². The zero-order valence-corrected chi connectivity index (χ0v) is 14.6. The highest BCUT2D eigenvalue weighted by Crippen LogP contribution is 2.17. The van der Waals surface area contributed by atoms with Gasteiger partial charge >= 0.3 is 0 Å². The van der Waals surface area contributed by atoms with Crippen molar-refractivity contribution in [2.45, 2.75) is 13.5 Å². The Labute approximate surface area is 146 Å². The van der Waals surface area contributed by atoms with E-state index in [0.717, 1.165) is 22.0 Å². The number of nitrogens with one attached hydrogen (secondary N) is 2. The number of H-pyrrole nitrogens is 1. The van der Waals surface area contributed by atoms with Gasteiger partial charge in [-0.2, -0.15) is 0 Å². The average molecular weight is 335 g/mol. The van der Waals surface area contributed by atoms with Crippen LogP contribution in [0.25, 0.3) is 10.9 Å². The first-order valence-electron chi connectivity index (χ1n) is 8.12. The maximum atomic E-state index is 12.3. The Morgan fingerprint density at radius 2 is 1.76 bits per heavy atom. The summed E-state index contributed by atoms with van der Waals surface area (Å²) in [5.74, 6) is -0.189. The predicted molar refractivity (Wildman–Crippen MR) is 98.7 cm³/mol. The normalized spacial score (nSPS) is 10.7. The van der Waals surface area contributed by atoms with Gasteiger partial charge in [0, 0.05) is 37.1 Å². The molecule has 3 rings (SSSR count). The molecule has 2 N–H and O–H groups in total. The van der Waals surface area contributed by atoms with E-state index < -0.39 is 0 Å². The fraction of sp³-hybridized carbons (Fsp3) is 0.200. The Kier molecular flexibility index (Phi) is 4.57. The predicted octanol–water partition coefficient (Wildman–Crippen LogP) is 3.11. The Hall–Kier alpha value is -3.08. The second kappa shape index (κ2) is 6.81. The fourth-order valence-corrected chi connectivity index (χ4v) is 2.66. The van der Waals surface area contributed by atoms with Crippen molar-refractivity contribution in [1.82, 2.24) is 15.2 Å². The number of aromatic nitrogens is 1. The number of rotatable bonds is 4. The van der Waals surface area contributed by atoms with Crippen LogP contribution < -0.4 is 5.32 Å². The van der Waals surface area contributed by atoms with E-state index >= 15 is 0 Å². The molecule has 0 radical (unpaired) electrons. The van der Waals surface area contributed by atoms with Gasteiger partial charge in [-0.3, -0.25) is 9.59 Å². The lowest BCUT2D eigenvalue weighted by atomic mass is 10.1. The van der Waals surface area contributed by atoms with Crippen LogP contribution in [-0.4, -0.2) is 35.8 Å². The molecule has 0 aliphatic heterocycles. The Morgan fingerprint density at radius 1 is 1.04 bits per heavy atom. The van der Waals surface area contributed by atoms with Crippen molar-refractivity contribution in [1.29, 1.82) is 0 Å². The number of fused-ring (bicyclic) bond motifs is 1. The molecule has 0 unspecified atom stereocenters. The van der Waals surface area contributed by atoms with E-state index in [9.17, 15) is 9.59 Å². The van der Waals surface area contributed by atoms with Gasteiger partial charge in [-0.1, -0.05) is 24.3 Å². The third-order valence-electron chi connectivity index (χ3n) is 4.08. The standard InChI is InChI=1S/C20H21N3O2/c1-13-4-7-16-11-18(22-17(16)10-13)19(24)21-12-14-5-8-15(9-6-14)20(25)23(2)3/h4-11,22H,12H2,1-3H3,(H,21,24). The number of hydrogen-bond acceptors (Lipinski definition) is 2. The number of carbonyl (C=O) groups excluding carboxylic acids is 2. The minimum atomic E-state index is -0.151. The lowest BCUT2D eigenvalue weighted by Crippen LogP contribution is -2.23. The SMILES string of the molecule is Cc1ccc2cc(C(=O)NCc3ccc(C(=O)N(C)C)cc3)[nH]c2c1. The number of amides is 2. The number of aryl methyl sites for hydroxylation is 1. The summed E-state index contributed by atoms with van der Waals surface area (Å²) in [5, 5.41) is 3.91. The van der Waals surface area contributed by atoms with Crippen molar-refractivity contribution in [3.8, 4) is 0 Å². The van der Waals surface area contributed by atoms with Gasteiger partial charge in [0.1, 0.15) is 5.69 Å². The Morgan fingerprint density at radius 3 is 2.44 bits per heavy atom. The van der Waals surface area contributed by atoms with Crippen molar-refractivity contribution in [3.63, 3.8) is 0 Å². The second-order valence-corrected chi connectivity index (χ2v) is 6.35. The lowest BCUT2D eigenvalue weighted by Gasteiger charge is -2.10. The molecule has 25 heavy (non-hydrogen) atoms. The van der Waals surface area contributed by atoms with Crippen LogP contribution in [0.15, 0.2) is 48.5 Å². The monoisotopic (exact) mass is 335 g/mol. The summed E-state index contributed by atoms with van der Waals surface area (Å²) in [6.45, 7) is 2.42. The highest BCUT2D eigenvalue weighted by molar-refractivity contribution is 5.98. The van der Waals surface area contributed by atoms with E-state index in [4.69, 9.17) is 0 Å². The van der Waals surface area contributed by atoms with Gasteiger partial charge in [0.15, 0.2) is 0 Å². The quantitative estimate of drug-likeness (QED) is 0.769. The zero-order valence-electron chi connectivity index (χ0n) is 14.6. The summed E-state index contributed by atoms with van der Waals surface area (Å²) in [7, 11) is 3.44. The van der Waals surface area contributed by atoms with E-state index in [1.165, 1.54) is 4.90 Å². The summed E-state index contributed by atoms with van der Waals surface area (Å²) in [4.78, 5) is 28.9. The zero-order chi connectivity index (χ0) is 18.0. The van der Waals surface area contributed by atoms with Crippen LogP contribution in [0, 0.1) is 6.92 Å². The molecule has 5 nitrogen and oxygen atoms in total. The summed E-state index contributed by atoms with van der Waals surface area (Å²) in [6.07, 6.45) is 0. The number of nitrogens with zero attached hydrogens (tertiary/aromatic N) is 1. The molecule has 0 saturated heterocycles. The average Bonchev–Trinajstić information content (AvgIpc) is 3.02. The van der Waals surface area contributed by atoms with Crippen molar-refractivity contribution >= 4 is 22.7 Å². The summed E-state index contributed by atoms with van der Waals surface area (Å²) < 4.78 is 0. The van der Waals surface area contributed by atoms with Crippen molar-refractivity contribution < 1.29 is 9.59 Å². The maximum absolute atomic E-state index is 12.3. The minimum Gasteiger partial charge on any atom is -0.351 e. The fourth-order valence-electron chi connectivity index (χ4n) is 2.66. The Bertz CT molecular complexity index is 924. The molecule has 2 amide bonds. The molecule has 3 aromatic rings. The maximum Gasteiger partial charge on any atom is 0.267 e. The summed E-state index contributed by atoms with van der Waals surface area (Å²) >= 11 is 0. The third-order valence-corrected chi connectivity index (χ3v) is 4.08. The topological polar surface area (TPSA) is 65.2 Å². The van der Waals surface area contributed by atoms with Gasteiger partial charge in [-0.15, -0.1) is 0 Å². The summed E-state index contributed by atoms with van der Waals surface area (Å²) in [5.41, 5.74) is 4.21. The molecular weight excluding hydrogens is 314 g/mol. The largest absolute Gasteiger partial charge is 0.351 e. The molecule has 1 aromatic heterocycles. The molecule has 0 spiro atoms. The van der Waals surface area contributed by atoms with Crippen LogP contribution in [0.5, 0.6) is 0 Å². The molecule has 0 fully saturated rings. The minimum absolute atomic E-state index is 0.0380. The van der Waals surface area contributed by atoms with Gasteiger partial charge in [-0.25, -0.2) is 0 Å². The third kappa shape index (κ3) is 3.71. The molecule has 0 aliphatic carbocycles. The molecule has 0 atom stereocenters. The molecule has 2 aromatic carbocycles. The van der Waals surface area contributed by atoms with Crippen LogP contribution in [0.3, 0.4) is 0 Å². The van der Waals surface area contributed by atoms with Crippen LogP contribution in [0.4, 0.5) is 0 Å². The summed E-state index contributed by atoms with van der Waals surface area (Å²) in [6, 6.07) is 15.1. The smallest absolute Gasteiger partial charge is 0.267 e. The van der Waals surface area contributed by atoms with Gasteiger partial charge in [0.2, 0.25) is 0 Å². The molecule has 0 bridgehead atoms. The highest BCUT2D eigenvalue weighted by atomic mass is 16.2. The van der Waals surface area contributed by atoms with Crippen LogP contribution in [0.1, 0.15) is 32.0 Å². The number of benzene rings is 2. The first-order chi connectivity index (χ1) is 11.9. The Balaban J connectivity index is 1.66. The number of hydrogen-bond donors (Lipinski definition) is 2. The van der Waals surface area contributed by atoms with E-state index in [0.29, 0.717) is 17.8 Å². The van der Waals surface area contributed by atoms with Crippen molar-refractivity contribution in [2.75, 3.05) is 14.1 Å². The van der Waals surface area contributed by atoms with E-state index in [2.05, 4.69) is 10.3 Å². The lowest BCUT2D eigenvalue weighted by molar-refractivity contribution is 0.0827. The molecule has 1 heterocycles. The van der Waals surface area contributed by atoms with E-state index in [-0.39, 0.29) is 11.8 Å². The van der Waals surface area contributed by atoms with Gasteiger partial charge in [0.05, 0.1) is 0 Å². The number of carbonyl (C=O) groups is 2. The van der Waals surface area contributed by atoms with Crippen LogP contribution in [0.2, 0.25) is 0 Å². The number of aromatic amines is 1. The molecule has 0 saturated carbocycles. The van der Waals surface area contributed by atoms with Crippen LogP contribution >= 0.6 is 0 Å².